The van der Waals surface area contributed by atoms with Crippen molar-refractivity contribution in [1.29, 1.82) is 5.26 Å². The van der Waals surface area contributed by atoms with Crippen molar-refractivity contribution in [1.82, 2.24) is 0 Å². The molecule has 0 bridgehead atoms. The highest BCUT2D eigenvalue weighted by atomic mass is 35.5. The summed E-state index contributed by atoms with van der Waals surface area (Å²) in [4.78, 5) is -0.213. The van der Waals surface area contributed by atoms with E-state index < -0.39 is 9.84 Å². The van der Waals surface area contributed by atoms with Crippen LogP contribution in [0.3, 0.4) is 0 Å². The van der Waals surface area contributed by atoms with Crippen molar-refractivity contribution in [2.75, 3.05) is 7.11 Å². The van der Waals surface area contributed by atoms with E-state index in [1.807, 2.05) is 0 Å². The first-order chi connectivity index (χ1) is 6.51. The highest BCUT2D eigenvalue weighted by Gasteiger charge is 2.18. The Balaban J connectivity index is 3.48. The molecule has 0 aromatic heterocycles. The molecule has 6 heteroatoms. The van der Waals surface area contributed by atoms with E-state index in [0.29, 0.717) is 0 Å². The number of sulfone groups is 1. The third-order valence-corrected chi connectivity index (χ3v) is 2.91. The van der Waals surface area contributed by atoms with Gasteiger partial charge in [-0.25, -0.2) is 8.42 Å². The van der Waals surface area contributed by atoms with Crippen molar-refractivity contribution in [3.63, 3.8) is 0 Å². The lowest BCUT2D eigenvalue weighted by atomic mass is 10.3. The number of hydrogen-bond acceptors (Lipinski definition) is 4. The lowest BCUT2D eigenvalue weighted by molar-refractivity contribution is 0.403. The third kappa shape index (κ3) is 1.97. The molecule has 74 valence electrons. The van der Waals surface area contributed by atoms with E-state index in [0.717, 1.165) is 0 Å². The van der Waals surface area contributed by atoms with E-state index >= 15 is 0 Å². The molecular weight excluding hydrogens is 226 g/mol. The number of methoxy groups -OCH3 is 1. The molecule has 1 rings (SSSR count). The van der Waals surface area contributed by atoms with Crippen molar-refractivity contribution < 1.29 is 13.2 Å². The van der Waals surface area contributed by atoms with Crippen LogP contribution in [-0.4, -0.2) is 15.5 Å². The zero-order valence-corrected chi connectivity index (χ0v) is 8.76. The Bertz CT molecular complexity index is 490. The van der Waals surface area contributed by atoms with Gasteiger partial charge in [-0.3, -0.25) is 0 Å². The molecule has 14 heavy (non-hydrogen) atoms. The fourth-order valence-electron chi connectivity index (χ4n) is 0.910. The summed E-state index contributed by atoms with van der Waals surface area (Å²) in [6.45, 7) is 0. The van der Waals surface area contributed by atoms with Crippen LogP contribution in [0, 0.1) is 10.7 Å². The fourth-order valence-corrected chi connectivity index (χ4v) is 1.94. The van der Waals surface area contributed by atoms with Gasteiger partial charge >= 0.3 is 0 Å². The van der Waals surface area contributed by atoms with Crippen LogP contribution in [0.25, 0.3) is 0 Å². The van der Waals surface area contributed by atoms with Gasteiger partial charge in [0.25, 0.3) is 9.84 Å². The fraction of sp³-hybridized carbons (Fsp3) is 0.125. The predicted octanol–water partition coefficient (Wildman–Crippen LogP) is 1.60. The first-order valence-corrected chi connectivity index (χ1v) is 5.37. The summed E-state index contributed by atoms with van der Waals surface area (Å²) in [5, 5.41) is 9.85. The van der Waals surface area contributed by atoms with Gasteiger partial charge in [0.15, 0.2) is 5.40 Å². The number of nitrogens with zero attached hydrogens (tertiary/aromatic N) is 1. The standard InChI is InChI=1S/C8H6ClNO3S/c1-13-7-3-2-6(9)4-8(7)14(11,12)5-10/h2-4H,1H3. The van der Waals surface area contributed by atoms with Crippen LogP contribution in [0.2, 0.25) is 5.02 Å². The Morgan fingerprint density at radius 2 is 2.14 bits per heavy atom. The maximum atomic E-state index is 11.2. The van der Waals surface area contributed by atoms with Crippen LogP contribution >= 0.6 is 11.6 Å². The van der Waals surface area contributed by atoms with Crippen molar-refractivity contribution in [3.05, 3.63) is 23.2 Å². The average Bonchev–Trinajstić information content (AvgIpc) is 2.18. The van der Waals surface area contributed by atoms with Gasteiger partial charge in [0.2, 0.25) is 0 Å². The molecule has 0 aliphatic heterocycles. The molecule has 0 amide bonds. The van der Waals surface area contributed by atoms with Crippen LogP contribution in [0.5, 0.6) is 5.75 Å². The van der Waals surface area contributed by atoms with Crippen LogP contribution in [0.1, 0.15) is 0 Å². The van der Waals surface area contributed by atoms with Crippen molar-refractivity contribution >= 4 is 21.4 Å². The summed E-state index contributed by atoms with van der Waals surface area (Å²) in [6.07, 6.45) is 0. The van der Waals surface area contributed by atoms with Gasteiger partial charge in [-0.15, -0.1) is 0 Å². The number of rotatable bonds is 2. The number of ether oxygens (including phenoxy) is 1. The summed E-state index contributed by atoms with van der Waals surface area (Å²) in [6, 6.07) is 4.06. The molecule has 0 spiro atoms. The van der Waals surface area contributed by atoms with Crippen LogP contribution in [-0.2, 0) is 9.84 Å². The normalized spacial score (nSPS) is 10.6. The third-order valence-electron chi connectivity index (χ3n) is 1.54. The van der Waals surface area contributed by atoms with E-state index in [1.165, 1.54) is 30.7 Å². The second kappa shape index (κ2) is 3.86. The summed E-state index contributed by atoms with van der Waals surface area (Å²) < 4.78 is 27.3. The molecule has 0 atom stereocenters. The van der Waals surface area contributed by atoms with Gasteiger partial charge in [-0.2, -0.15) is 5.26 Å². The zero-order valence-electron chi connectivity index (χ0n) is 7.19. The molecule has 1 aromatic carbocycles. The van der Waals surface area contributed by atoms with Gasteiger partial charge in [0.05, 0.1) is 7.11 Å². The molecule has 0 fully saturated rings. The van der Waals surface area contributed by atoms with E-state index in [2.05, 4.69) is 0 Å². The van der Waals surface area contributed by atoms with Crippen molar-refractivity contribution in [2.45, 2.75) is 4.90 Å². The molecular formula is C8H6ClNO3S. The van der Waals surface area contributed by atoms with Crippen LogP contribution < -0.4 is 4.74 Å². The number of nitriles is 1. The molecule has 0 saturated heterocycles. The molecule has 0 N–H and O–H groups in total. The smallest absolute Gasteiger partial charge is 0.273 e. The lowest BCUT2D eigenvalue weighted by Crippen LogP contribution is -1.99. The SMILES string of the molecule is COc1ccc(Cl)cc1S(=O)(=O)C#N. The number of benzene rings is 1. The monoisotopic (exact) mass is 231 g/mol. The van der Waals surface area contributed by atoms with E-state index in [1.54, 1.807) is 0 Å². The highest BCUT2D eigenvalue weighted by molar-refractivity contribution is 7.96. The highest BCUT2D eigenvalue weighted by Crippen LogP contribution is 2.27. The largest absolute Gasteiger partial charge is 0.495 e. The molecule has 0 saturated carbocycles. The number of thiocyanates is 1. The van der Waals surface area contributed by atoms with Gasteiger partial charge < -0.3 is 4.74 Å². The van der Waals surface area contributed by atoms with Gasteiger partial charge in [0.1, 0.15) is 10.6 Å². The Labute approximate surface area is 86.6 Å². The Morgan fingerprint density at radius 1 is 1.50 bits per heavy atom. The lowest BCUT2D eigenvalue weighted by Gasteiger charge is -2.04. The zero-order chi connectivity index (χ0) is 10.8. The minimum Gasteiger partial charge on any atom is -0.495 e. The van der Waals surface area contributed by atoms with Crippen LogP contribution in [0.15, 0.2) is 23.1 Å². The van der Waals surface area contributed by atoms with Gasteiger partial charge in [-0.05, 0) is 18.2 Å². The first-order valence-electron chi connectivity index (χ1n) is 3.50. The van der Waals surface area contributed by atoms with E-state index in [4.69, 9.17) is 21.6 Å². The predicted molar refractivity (Wildman–Crippen MR) is 50.8 cm³/mol. The number of halogens is 1. The molecule has 0 heterocycles. The molecule has 0 aliphatic rings. The van der Waals surface area contributed by atoms with Crippen LogP contribution in [0.4, 0.5) is 0 Å². The first kappa shape index (κ1) is 10.8. The molecule has 0 radical (unpaired) electrons. The number of hydrogen-bond donors (Lipinski definition) is 0. The van der Waals surface area contributed by atoms with E-state index in [-0.39, 0.29) is 15.7 Å². The minimum atomic E-state index is -3.97. The van der Waals surface area contributed by atoms with E-state index in [9.17, 15) is 8.42 Å². The summed E-state index contributed by atoms with van der Waals surface area (Å²) in [5.41, 5.74) is 0. The summed E-state index contributed by atoms with van der Waals surface area (Å²) in [5.74, 6) is 0.107. The van der Waals surface area contributed by atoms with Crippen molar-refractivity contribution in [2.24, 2.45) is 0 Å². The Hall–Kier alpha value is -1.25. The second-order valence-electron chi connectivity index (χ2n) is 2.39. The summed E-state index contributed by atoms with van der Waals surface area (Å²) >= 11 is 5.61. The Morgan fingerprint density at radius 3 is 2.64 bits per heavy atom. The molecule has 0 aliphatic carbocycles. The quantitative estimate of drug-likeness (QED) is 0.573. The average molecular weight is 232 g/mol. The second-order valence-corrected chi connectivity index (χ2v) is 4.46. The molecule has 4 nitrogen and oxygen atoms in total. The minimum absolute atomic E-state index is 0.107. The molecule has 0 unspecified atom stereocenters. The maximum Gasteiger partial charge on any atom is 0.273 e. The van der Waals surface area contributed by atoms with Gasteiger partial charge in [0, 0.05) is 5.02 Å². The topological polar surface area (TPSA) is 67.2 Å². The molecule has 1 aromatic rings. The Kier molecular flexibility index (Phi) is 2.99. The summed E-state index contributed by atoms with van der Waals surface area (Å²) in [7, 11) is -2.65. The van der Waals surface area contributed by atoms with Crippen molar-refractivity contribution in [3.8, 4) is 11.2 Å². The van der Waals surface area contributed by atoms with Gasteiger partial charge in [-0.1, -0.05) is 11.6 Å². The maximum absolute atomic E-state index is 11.2.